The van der Waals surface area contributed by atoms with Gasteiger partial charge < -0.3 is 10.1 Å². The third-order valence-electron chi connectivity index (χ3n) is 4.85. The topological polar surface area (TPSA) is 24.5 Å². The third kappa shape index (κ3) is 3.73. The molecule has 0 aliphatic carbocycles. The fraction of sp³-hybridized carbons (Fsp3) is 0.524. The van der Waals surface area contributed by atoms with Crippen LogP contribution in [0.1, 0.15) is 38.8 Å². The average Bonchev–Trinajstić information content (AvgIpc) is 2.61. The van der Waals surface area contributed by atoms with Crippen LogP contribution in [0.2, 0.25) is 0 Å². The molecule has 0 spiro atoms. The van der Waals surface area contributed by atoms with Crippen molar-refractivity contribution in [1.82, 2.24) is 10.2 Å². The van der Waals surface area contributed by atoms with Crippen LogP contribution in [-0.4, -0.2) is 37.7 Å². The maximum Gasteiger partial charge on any atom is 0.124 e. The summed E-state index contributed by atoms with van der Waals surface area (Å²) in [7, 11) is 0. The maximum absolute atomic E-state index is 6.06. The summed E-state index contributed by atoms with van der Waals surface area (Å²) in [5.41, 5.74) is 1.38. The Kier molecular flexibility index (Phi) is 5.75. The highest BCUT2D eigenvalue weighted by atomic mass is 16.5. The van der Waals surface area contributed by atoms with E-state index in [0.717, 1.165) is 38.3 Å². The first-order valence-electron chi connectivity index (χ1n) is 9.30. The van der Waals surface area contributed by atoms with Crippen molar-refractivity contribution in [2.75, 3.05) is 32.8 Å². The van der Waals surface area contributed by atoms with Gasteiger partial charge in [0.2, 0.25) is 0 Å². The van der Waals surface area contributed by atoms with E-state index in [4.69, 9.17) is 4.74 Å². The van der Waals surface area contributed by atoms with Crippen molar-refractivity contribution in [3.05, 3.63) is 42.0 Å². The zero-order chi connectivity index (χ0) is 16.9. The lowest BCUT2D eigenvalue weighted by atomic mass is 9.90. The zero-order valence-electron chi connectivity index (χ0n) is 15.2. The molecule has 0 amide bonds. The molecule has 2 aromatic rings. The molecule has 1 fully saturated rings. The average molecular weight is 326 g/mol. The van der Waals surface area contributed by atoms with Crippen molar-refractivity contribution in [1.29, 1.82) is 0 Å². The normalized spacial score (nSPS) is 17.3. The minimum atomic E-state index is 0.416. The van der Waals surface area contributed by atoms with Gasteiger partial charge in [-0.25, -0.2) is 0 Å². The molecule has 0 saturated carbocycles. The summed E-state index contributed by atoms with van der Waals surface area (Å²) in [5, 5.41) is 6.12. The summed E-state index contributed by atoms with van der Waals surface area (Å²) < 4.78 is 6.06. The molecular weight excluding hydrogens is 296 g/mol. The Hall–Kier alpha value is -1.58. The van der Waals surface area contributed by atoms with Gasteiger partial charge in [-0.1, -0.05) is 44.2 Å². The minimum absolute atomic E-state index is 0.416. The van der Waals surface area contributed by atoms with Crippen LogP contribution in [-0.2, 0) is 0 Å². The molecule has 1 aliphatic heterocycles. The fourth-order valence-corrected chi connectivity index (χ4v) is 3.79. The Morgan fingerprint density at radius 1 is 1.08 bits per heavy atom. The summed E-state index contributed by atoms with van der Waals surface area (Å²) in [6.45, 7) is 11.8. The molecule has 3 nitrogen and oxygen atoms in total. The molecule has 3 heteroatoms. The van der Waals surface area contributed by atoms with E-state index < -0.39 is 0 Å². The predicted molar refractivity (Wildman–Crippen MR) is 102 cm³/mol. The number of ether oxygens (including phenoxy) is 1. The molecule has 0 radical (unpaired) electrons. The van der Waals surface area contributed by atoms with E-state index >= 15 is 0 Å². The predicted octanol–water partition coefficient (Wildman–Crippen LogP) is 4.23. The quantitative estimate of drug-likeness (QED) is 0.860. The number of piperazine rings is 1. The third-order valence-corrected chi connectivity index (χ3v) is 4.85. The highest BCUT2D eigenvalue weighted by Crippen LogP contribution is 2.39. The molecule has 1 atom stereocenters. The largest absolute Gasteiger partial charge is 0.494 e. The van der Waals surface area contributed by atoms with Gasteiger partial charge >= 0.3 is 0 Å². The highest BCUT2D eigenvalue weighted by Gasteiger charge is 2.27. The second kappa shape index (κ2) is 8.00. The number of fused-ring (bicyclic) bond motifs is 1. The Morgan fingerprint density at radius 2 is 1.83 bits per heavy atom. The first kappa shape index (κ1) is 17.2. The summed E-state index contributed by atoms with van der Waals surface area (Å²) in [4.78, 5) is 2.64. The van der Waals surface area contributed by atoms with Gasteiger partial charge in [0.15, 0.2) is 0 Å². The van der Waals surface area contributed by atoms with Crippen LogP contribution in [0.15, 0.2) is 36.4 Å². The second-order valence-electron chi connectivity index (χ2n) is 7.06. The van der Waals surface area contributed by atoms with E-state index in [9.17, 15) is 0 Å². The van der Waals surface area contributed by atoms with Gasteiger partial charge in [-0.05, 0) is 36.1 Å². The molecule has 2 aromatic carbocycles. The Morgan fingerprint density at radius 3 is 2.54 bits per heavy atom. The zero-order valence-corrected chi connectivity index (χ0v) is 15.2. The Labute approximate surface area is 146 Å². The molecule has 0 aromatic heterocycles. The van der Waals surface area contributed by atoms with E-state index in [0.29, 0.717) is 18.6 Å². The van der Waals surface area contributed by atoms with Crippen molar-refractivity contribution in [2.45, 2.75) is 33.2 Å². The first-order chi connectivity index (χ1) is 11.7. The summed E-state index contributed by atoms with van der Waals surface area (Å²) >= 11 is 0. The van der Waals surface area contributed by atoms with E-state index in [1.54, 1.807) is 0 Å². The number of hydrogen-bond acceptors (Lipinski definition) is 3. The smallest absolute Gasteiger partial charge is 0.124 e. The number of benzene rings is 2. The van der Waals surface area contributed by atoms with E-state index in [1.807, 2.05) is 0 Å². The van der Waals surface area contributed by atoms with Gasteiger partial charge in [-0.15, -0.1) is 0 Å². The van der Waals surface area contributed by atoms with Crippen LogP contribution in [0.5, 0.6) is 5.75 Å². The van der Waals surface area contributed by atoms with Crippen molar-refractivity contribution < 1.29 is 4.74 Å². The minimum Gasteiger partial charge on any atom is -0.494 e. The van der Waals surface area contributed by atoms with Crippen LogP contribution in [0.4, 0.5) is 0 Å². The molecule has 1 N–H and O–H groups in total. The molecule has 130 valence electrons. The molecular formula is C21H30N2O. The summed E-state index contributed by atoms with van der Waals surface area (Å²) in [6.07, 6.45) is 1.16. The second-order valence-corrected chi connectivity index (χ2v) is 7.06. The summed E-state index contributed by atoms with van der Waals surface area (Å²) in [5.74, 6) is 1.71. The van der Waals surface area contributed by atoms with Gasteiger partial charge in [0.1, 0.15) is 5.75 Å². The molecule has 1 aliphatic rings. The van der Waals surface area contributed by atoms with Crippen LogP contribution < -0.4 is 10.1 Å². The van der Waals surface area contributed by atoms with Crippen molar-refractivity contribution >= 4 is 10.8 Å². The van der Waals surface area contributed by atoms with Crippen LogP contribution in [0.3, 0.4) is 0 Å². The van der Waals surface area contributed by atoms with Crippen molar-refractivity contribution in [3.8, 4) is 5.75 Å². The molecule has 0 bridgehead atoms. The monoisotopic (exact) mass is 326 g/mol. The molecule has 1 heterocycles. The highest BCUT2D eigenvalue weighted by molar-refractivity contribution is 5.88. The number of nitrogens with one attached hydrogen (secondary N) is 1. The van der Waals surface area contributed by atoms with Crippen LogP contribution >= 0.6 is 0 Å². The van der Waals surface area contributed by atoms with E-state index in [2.05, 4.69) is 67.4 Å². The van der Waals surface area contributed by atoms with Crippen molar-refractivity contribution in [2.24, 2.45) is 5.92 Å². The maximum atomic E-state index is 6.06. The molecule has 24 heavy (non-hydrogen) atoms. The standard InChI is InChI=1S/C21H30N2O/c1-4-24-20-10-9-17-7-5-6-8-18(17)21(20)19(15-16(2)3)23-13-11-22-12-14-23/h5-10,16,19,22H,4,11-15H2,1-3H3/t19-/m1/s1. The van der Waals surface area contributed by atoms with Gasteiger partial charge in [0.05, 0.1) is 6.61 Å². The molecule has 1 saturated heterocycles. The fourth-order valence-electron chi connectivity index (χ4n) is 3.79. The lowest BCUT2D eigenvalue weighted by molar-refractivity contribution is 0.151. The molecule has 0 unspecified atom stereocenters. The van der Waals surface area contributed by atoms with Gasteiger partial charge in [0, 0.05) is 37.8 Å². The van der Waals surface area contributed by atoms with Gasteiger partial charge in [-0.2, -0.15) is 0 Å². The SMILES string of the molecule is CCOc1ccc2ccccc2c1[C@@H](CC(C)C)N1CCNCC1. The first-order valence-corrected chi connectivity index (χ1v) is 9.30. The lowest BCUT2D eigenvalue weighted by Crippen LogP contribution is -2.45. The number of hydrogen-bond donors (Lipinski definition) is 1. The van der Waals surface area contributed by atoms with E-state index in [1.165, 1.54) is 16.3 Å². The number of nitrogens with zero attached hydrogens (tertiary/aromatic N) is 1. The van der Waals surface area contributed by atoms with Crippen LogP contribution in [0, 0.1) is 5.92 Å². The summed E-state index contributed by atoms with van der Waals surface area (Å²) in [6, 6.07) is 13.5. The Bertz CT molecular complexity index is 662. The Balaban J connectivity index is 2.11. The van der Waals surface area contributed by atoms with Crippen LogP contribution in [0.25, 0.3) is 10.8 Å². The van der Waals surface area contributed by atoms with Gasteiger partial charge in [0.25, 0.3) is 0 Å². The lowest BCUT2D eigenvalue weighted by Gasteiger charge is -2.37. The van der Waals surface area contributed by atoms with Gasteiger partial charge in [-0.3, -0.25) is 4.90 Å². The van der Waals surface area contributed by atoms with E-state index in [-0.39, 0.29) is 0 Å². The van der Waals surface area contributed by atoms with Crippen molar-refractivity contribution in [3.63, 3.8) is 0 Å². The molecule has 3 rings (SSSR count). The number of rotatable bonds is 6.